The number of ether oxygens (including phenoxy) is 1. The number of halogens is 1. The molecule has 10 nitrogen and oxygen atoms in total. The smallest absolute Gasteiger partial charge is 0.248 e. The van der Waals surface area contributed by atoms with Gasteiger partial charge in [-0.25, -0.2) is 0 Å². The van der Waals surface area contributed by atoms with Crippen molar-refractivity contribution in [2.75, 3.05) is 31.3 Å². The number of hydrogen-bond donors (Lipinski definition) is 3. The summed E-state index contributed by atoms with van der Waals surface area (Å²) >= 11 is 6.49. The monoisotopic (exact) mass is 573 g/mol. The molecule has 0 aliphatic heterocycles. The summed E-state index contributed by atoms with van der Waals surface area (Å²) in [5.41, 5.74) is 2.97. The van der Waals surface area contributed by atoms with Crippen molar-refractivity contribution >= 4 is 45.5 Å². The van der Waals surface area contributed by atoms with Crippen molar-refractivity contribution in [1.82, 2.24) is 14.9 Å². The highest BCUT2D eigenvalue weighted by atomic mass is 35.5. The van der Waals surface area contributed by atoms with E-state index in [0.29, 0.717) is 50.8 Å². The zero-order chi connectivity index (χ0) is 29.8. The quantitative estimate of drug-likeness (QED) is 0.158. The first kappa shape index (κ1) is 30.8. The maximum absolute atomic E-state index is 12.5. The summed E-state index contributed by atoms with van der Waals surface area (Å²) in [6.45, 7) is 4.87. The van der Waals surface area contributed by atoms with Gasteiger partial charge in [0.05, 0.1) is 33.2 Å². The molecule has 4 aromatic rings. The molecule has 0 radical (unpaired) electrons. The topological polar surface area (TPSA) is 138 Å². The van der Waals surface area contributed by atoms with E-state index in [1.807, 2.05) is 51.0 Å². The minimum Gasteiger partial charge on any atom is -0.486 e. The number of carbonyl (C=O) groups excluding carboxylic acids is 1. The van der Waals surface area contributed by atoms with Gasteiger partial charge in [0.2, 0.25) is 5.91 Å². The standard InChI is InChI=1S/C28H26ClN7O3.C2H6/c1-36(2)11-5-7-27(37)35-24-13-21-23(14-26(24)39-31)33-16-18(15-30)28(21)34-19-8-9-25(22(29)12-19)38-17-20-6-3-4-10-32-20;1-2/h3-10,12-14,16H,11,17,31H2,1-2H3,(H,33,34)(H,35,37);1-2H3/b7-5+;. The average Bonchev–Trinajstić information content (AvgIpc) is 2.98. The normalized spacial score (nSPS) is 10.6. The number of benzene rings is 2. The molecule has 212 valence electrons. The fraction of sp³-hybridized carbons (Fsp3) is 0.200. The highest BCUT2D eigenvalue weighted by molar-refractivity contribution is 6.32. The lowest BCUT2D eigenvalue weighted by molar-refractivity contribution is -0.111. The number of nitrogens with two attached hydrogens (primary N) is 1. The molecule has 0 saturated carbocycles. The number of aromatic nitrogens is 2. The number of nitrogens with one attached hydrogen (secondary N) is 2. The zero-order valence-corrected chi connectivity index (χ0v) is 24.1. The molecule has 0 fully saturated rings. The van der Waals surface area contributed by atoms with Crippen molar-refractivity contribution in [2.24, 2.45) is 5.90 Å². The van der Waals surface area contributed by atoms with E-state index in [0.717, 1.165) is 5.69 Å². The molecule has 0 aliphatic carbocycles. The van der Waals surface area contributed by atoms with Gasteiger partial charge in [-0.15, -0.1) is 0 Å². The SMILES string of the molecule is CC.CN(C)C/C=C/C(=O)Nc1cc2c(Nc3ccc(OCc4ccccn4)c(Cl)c3)c(C#N)cnc2cc1ON. The number of nitrogens with zero attached hydrogens (tertiary/aromatic N) is 4. The molecule has 41 heavy (non-hydrogen) atoms. The Labute approximate surface area is 244 Å². The van der Waals surface area contributed by atoms with Crippen molar-refractivity contribution in [2.45, 2.75) is 20.5 Å². The van der Waals surface area contributed by atoms with Crippen LogP contribution in [0.2, 0.25) is 5.02 Å². The summed E-state index contributed by atoms with van der Waals surface area (Å²) in [7, 11) is 3.80. The van der Waals surface area contributed by atoms with Crippen LogP contribution in [0, 0.1) is 11.3 Å². The predicted molar refractivity (Wildman–Crippen MR) is 162 cm³/mol. The Morgan fingerprint density at radius 2 is 1.95 bits per heavy atom. The van der Waals surface area contributed by atoms with Crippen LogP contribution in [-0.2, 0) is 11.4 Å². The molecule has 0 aliphatic rings. The first-order chi connectivity index (χ1) is 19.9. The van der Waals surface area contributed by atoms with Crippen LogP contribution in [0.5, 0.6) is 11.5 Å². The molecule has 0 unspecified atom stereocenters. The van der Waals surface area contributed by atoms with Crippen molar-refractivity contribution in [3.05, 3.63) is 89.4 Å². The van der Waals surface area contributed by atoms with E-state index in [-0.39, 0.29) is 18.3 Å². The Morgan fingerprint density at radius 1 is 1.15 bits per heavy atom. The fourth-order valence-corrected chi connectivity index (χ4v) is 3.89. The molecular weight excluding hydrogens is 542 g/mol. The molecule has 2 aromatic carbocycles. The number of nitriles is 1. The molecule has 2 aromatic heterocycles. The van der Waals surface area contributed by atoms with Gasteiger partial charge in [-0.1, -0.05) is 37.6 Å². The third kappa shape index (κ3) is 8.40. The van der Waals surface area contributed by atoms with Crippen molar-refractivity contribution in [1.29, 1.82) is 5.26 Å². The maximum atomic E-state index is 12.5. The number of likely N-dealkylation sites (N-methyl/N-ethyl adjacent to an activating group) is 1. The number of amides is 1. The van der Waals surface area contributed by atoms with E-state index in [1.165, 1.54) is 12.3 Å². The Bertz CT molecular complexity index is 1550. The first-order valence-electron chi connectivity index (χ1n) is 12.8. The number of carbonyl (C=O) groups is 1. The number of hydrogen-bond acceptors (Lipinski definition) is 9. The molecular formula is C30H32ClN7O3. The van der Waals surface area contributed by atoms with Crippen LogP contribution in [0.4, 0.5) is 17.1 Å². The van der Waals surface area contributed by atoms with E-state index >= 15 is 0 Å². The lowest BCUT2D eigenvalue weighted by Gasteiger charge is -2.15. The maximum Gasteiger partial charge on any atom is 0.248 e. The van der Waals surface area contributed by atoms with Gasteiger partial charge in [0, 0.05) is 42.2 Å². The Hall–Kier alpha value is -4.69. The second kappa shape index (κ2) is 15.2. The Kier molecular flexibility index (Phi) is 11.4. The van der Waals surface area contributed by atoms with Crippen LogP contribution in [0.25, 0.3) is 10.9 Å². The summed E-state index contributed by atoms with van der Waals surface area (Å²) in [6, 6.07) is 16.2. The Balaban J connectivity index is 0.00000226. The lowest BCUT2D eigenvalue weighted by atomic mass is 10.1. The van der Waals surface area contributed by atoms with Crippen LogP contribution in [0.3, 0.4) is 0 Å². The first-order valence-corrected chi connectivity index (χ1v) is 13.2. The fourth-order valence-electron chi connectivity index (χ4n) is 3.65. The minimum absolute atomic E-state index is 0.220. The van der Waals surface area contributed by atoms with Gasteiger partial charge in [0.1, 0.15) is 18.4 Å². The summed E-state index contributed by atoms with van der Waals surface area (Å²) in [5, 5.41) is 16.7. The van der Waals surface area contributed by atoms with Gasteiger partial charge < -0.3 is 25.1 Å². The Morgan fingerprint density at radius 3 is 2.61 bits per heavy atom. The van der Waals surface area contributed by atoms with Gasteiger partial charge in [-0.3, -0.25) is 14.8 Å². The van der Waals surface area contributed by atoms with Crippen LogP contribution < -0.4 is 26.1 Å². The van der Waals surface area contributed by atoms with Gasteiger partial charge in [-0.05, 0) is 50.5 Å². The third-order valence-electron chi connectivity index (χ3n) is 5.52. The zero-order valence-electron chi connectivity index (χ0n) is 23.3. The number of rotatable bonds is 10. The van der Waals surface area contributed by atoms with Crippen LogP contribution in [0.15, 0.2) is 73.1 Å². The van der Waals surface area contributed by atoms with E-state index in [1.54, 1.807) is 42.6 Å². The van der Waals surface area contributed by atoms with Crippen LogP contribution >= 0.6 is 11.6 Å². The second-order valence-electron chi connectivity index (χ2n) is 8.68. The highest BCUT2D eigenvalue weighted by Crippen LogP contribution is 2.37. The molecule has 4 N–H and O–H groups in total. The largest absolute Gasteiger partial charge is 0.486 e. The summed E-state index contributed by atoms with van der Waals surface area (Å²) in [5.74, 6) is 5.82. The van der Waals surface area contributed by atoms with Crippen LogP contribution in [-0.4, -0.2) is 41.4 Å². The van der Waals surface area contributed by atoms with Gasteiger partial charge in [0.15, 0.2) is 5.75 Å². The number of fused-ring (bicyclic) bond motifs is 1. The second-order valence-corrected chi connectivity index (χ2v) is 9.08. The van der Waals surface area contributed by atoms with Crippen molar-refractivity contribution in [3.8, 4) is 17.6 Å². The molecule has 4 rings (SSSR count). The molecule has 1 amide bonds. The molecule has 0 saturated heterocycles. The predicted octanol–water partition coefficient (Wildman–Crippen LogP) is 5.81. The van der Waals surface area contributed by atoms with E-state index in [2.05, 4.69) is 26.7 Å². The average molecular weight is 574 g/mol. The lowest BCUT2D eigenvalue weighted by Crippen LogP contribution is -2.14. The minimum atomic E-state index is -0.360. The van der Waals surface area contributed by atoms with Gasteiger partial charge in [0.25, 0.3) is 0 Å². The molecule has 11 heteroatoms. The van der Waals surface area contributed by atoms with E-state index in [4.69, 9.17) is 27.1 Å². The van der Waals surface area contributed by atoms with Crippen LogP contribution in [0.1, 0.15) is 25.1 Å². The molecule has 0 spiro atoms. The number of anilines is 3. The summed E-state index contributed by atoms with van der Waals surface area (Å²) in [4.78, 5) is 28.0. The summed E-state index contributed by atoms with van der Waals surface area (Å²) in [6.07, 6.45) is 6.29. The van der Waals surface area contributed by atoms with Gasteiger partial charge >= 0.3 is 0 Å². The van der Waals surface area contributed by atoms with Gasteiger partial charge in [-0.2, -0.15) is 11.2 Å². The number of pyridine rings is 2. The van der Waals surface area contributed by atoms with E-state index in [9.17, 15) is 10.1 Å². The highest BCUT2D eigenvalue weighted by Gasteiger charge is 2.16. The summed E-state index contributed by atoms with van der Waals surface area (Å²) < 4.78 is 5.80. The van der Waals surface area contributed by atoms with Crippen molar-refractivity contribution < 1.29 is 14.4 Å². The molecule has 2 heterocycles. The van der Waals surface area contributed by atoms with E-state index < -0.39 is 0 Å². The van der Waals surface area contributed by atoms with Crippen molar-refractivity contribution in [3.63, 3.8) is 0 Å². The third-order valence-corrected chi connectivity index (χ3v) is 5.81. The molecule has 0 atom stereocenters. The molecule has 0 bridgehead atoms.